The normalized spacial score (nSPS) is 23.0. The van der Waals surface area contributed by atoms with Gasteiger partial charge in [0.05, 0.1) is 18.3 Å². The Hall–Kier alpha value is -1.56. The number of hydrogen-bond acceptors (Lipinski definition) is 4. The van der Waals surface area contributed by atoms with E-state index in [0.29, 0.717) is 24.6 Å². The molecule has 0 radical (unpaired) electrons. The largest absolute Gasteiger partial charge is 0.444 e. The van der Waals surface area contributed by atoms with Crippen molar-refractivity contribution in [2.24, 2.45) is 10.4 Å². The Morgan fingerprint density at radius 3 is 2.71 bits per heavy atom. The number of guanidine groups is 1. The number of oxazole rings is 1. The van der Waals surface area contributed by atoms with E-state index in [1.807, 2.05) is 13.8 Å². The highest BCUT2D eigenvalue weighted by Crippen LogP contribution is 2.42. The lowest BCUT2D eigenvalue weighted by Gasteiger charge is -2.52. The zero-order chi connectivity index (χ0) is 17.7. The smallest absolute Gasteiger partial charge is 0.214 e. The van der Waals surface area contributed by atoms with Crippen LogP contribution in [0.3, 0.4) is 0 Å². The van der Waals surface area contributed by atoms with Crippen LogP contribution in [0.2, 0.25) is 0 Å². The number of aliphatic imine (C=N–C) groups is 1. The van der Waals surface area contributed by atoms with Crippen molar-refractivity contribution in [3.8, 4) is 0 Å². The molecule has 6 heteroatoms. The summed E-state index contributed by atoms with van der Waals surface area (Å²) in [4.78, 5) is 8.68. The fraction of sp³-hybridized carbons (Fsp3) is 0.778. The van der Waals surface area contributed by atoms with Crippen molar-refractivity contribution in [3.05, 3.63) is 17.3 Å². The third kappa shape index (κ3) is 4.29. The van der Waals surface area contributed by atoms with Gasteiger partial charge in [0.2, 0.25) is 5.89 Å². The lowest BCUT2D eigenvalue weighted by atomic mass is 9.64. The summed E-state index contributed by atoms with van der Waals surface area (Å²) in [6.07, 6.45) is 3.62. The lowest BCUT2D eigenvalue weighted by Crippen LogP contribution is -2.63. The first-order valence-electron chi connectivity index (χ1n) is 8.90. The second kappa shape index (κ2) is 8.01. The molecule has 1 aromatic rings. The van der Waals surface area contributed by atoms with E-state index in [4.69, 9.17) is 9.15 Å². The molecule has 1 aliphatic carbocycles. The molecule has 0 bridgehead atoms. The van der Waals surface area contributed by atoms with Gasteiger partial charge in [0, 0.05) is 25.1 Å². The van der Waals surface area contributed by atoms with Crippen LogP contribution in [-0.4, -0.2) is 36.7 Å². The Balaban J connectivity index is 1.81. The molecular formula is C18H32N4O2. The summed E-state index contributed by atoms with van der Waals surface area (Å²) in [6, 6.07) is 0.350. The monoisotopic (exact) mass is 336 g/mol. The van der Waals surface area contributed by atoms with Gasteiger partial charge >= 0.3 is 0 Å². The van der Waals surface area contributed by atoms with E-state index in [1.54, 1.807) is 7.05 Å². The van der Waals surface area contributed by atoms with Crippen LogP contribution in [0, 0.1) is 19.3 Å². The summed E-state index contributed by atoms with van der Waals surface area (Å²) in [6.45, 7) is 11.9. The number of ether oxygens (including phenoxy) is 1. The van der Waals surface area contributed by atoms with Crippen molar-refractivity contribution in [1.29, 1.82) is 0 Å². The summed E-state index contributed by atoms with van der Waals surface area (Å²) < 4.78 is 11.6. The quantitative estimate of drug-likeness (QED) is 0.455. The van der Waals surface area contributed by atoms with Crippen LogP contribution >= 0.6 is 0 Å². The third-order valence-electron chi connectivity index (χ3n) is 5.01. The molecule has 2 atom stereocenters. The number of aryl methyl sites for hydroxylation is 2. The van der Waals surface area contributed by atoms with Gasteiger partial charge in [-0.25, -0.2) is 4.98 Å². The highest BCUT2D eigenvalue weighted by Gasteiger charge is 2.49. The minimum absolute atomic E-state index is 0.0987. The molecule has 0 saturated heterocycles. The van der Waals surface area contributed by atoms with Crippen molar-refractivity contribution in [1.82, 2.24) is 15.6 Å². The maximum atomic E-state index is 6.00. The summed E-state index contributed by atoms with van der Waals surface area (Å²) in [5, 5.41) is 6.77. The zero-order valence-electron chi connectivity index (χ0n) is 15.9. The molecule has 1 aliphatic rings. The second-order valence-electron chi connectivity index (χ2n) is 7.14. The molecule has 0 amide bonds. The predicted octanol–water partition coefficient (Wildman–Crippen LogP) is 2.94. The predicted molar refractivity (Wildman–Crippen MR) is 96.1 cm³/mol. The highest BCUT2D eigenvalue weighted by atomic mass is 16.5. The number of nitrogens with one attached hydrogen (secondary N) is 2. The standard InChI is InChI=1S/C18H32N4O2/c1-7-8-9-23-15-10-14(18(15,4)5)22-17(19-6)20-11-16-21-12(2)13(3)24-16/h14-15H,7-11H2,1-6H3,(H2,19,20,22). The Kier molecular flexibility index (Phi) is 6.27. The first-order chi connectivity index (χ1) is 11.4. The first kappa shape index (κ1) is 18.8. The molecule has 1 aromatic heterocycles. The fourth-order valence-corrected chi connectivity index (χ4v) is 2.92. The van der Waals surface area contributed by atoms with Gasteiger partial charge in [-0.1, -0.05) is 27.2 Å². The van der Waals surface area contributed by atoms with Crippen molar-refractivity contribution in [2.45, 2.75) is 72.6 Å². The van der Waals surface area contributed by atoms with E-state index in [9.17, 15) is 0 Å². The minimum Gasteiger partial charge on any atom is -0.444 e. The summed E-state index contributed by atoms with van der Waals surface area (Å²) in [7, 11) is 1.78. The molecule has 24 heavy (non-hydrogen) atoms. The number of rotatable bonds is 7. The van der Waals surface area contributed by atoms with Crippen molar-refractivity contribution < 1.29 is 9.15 Å². The van der Waals surface area contributed by atoms with E-state index < -0.39 is 0 Å². The zero-order valence-corrected chi connectivity index (χ0v) is 15.9. The Morgan fingerprint density at radius 2 is 2.17 bits per heavy atom. The van der Waals surface area contributed by atoms with Gasteiger partial charge < -0.3 is 19.8 Å². The van der Waals surface area contributed by atoms with Gasteiger partial charge in [0.25, 0.3) is 0 Å². The molecule has 2 N–H and O–H groups in total. The second-order valence-corrected chi connectivity index (χ2v) is 7.14. The summed E-state index contributed by atoms with van der Waals surface area (Å²) >= 11 is 0. The highest BCUT2D eigenvalue weighted by molar-refractivity contribution is 5.80. The van der Waals surface area contributed by atoms with E-state index in [0.717, 1.165) is 36.9 Å². The van der Waals surface area contributed by atoms with Crippen LogP contribution < -0.4 is 10.6 Å². The molecule has 2 unspecified atom stereocenters. The maximum Gasteiger partial charge on any atom is 0.214 e. The number of unbranched alkanes of at least 4 members (excludes halogenated alkanes) is 1. The van der Waals surface area contributed by atoms with Crippen LogP contribution in [-0.2, 0) is 11.3 Å². The SMILES string of the molecule is CCCCOC1CC(NC(=NC)NCc2nc(C)c(C)o2)C1(C)C. The molecule has 2 rings (SSSR count). The first-order valence-corrected chi connectivity index (χ1v) is 8.90. The summed E-state index contributed by atoms with van der Waals surface area (Å²) in [5.74, 6) is 2.32. The molecule has 1 fully saturated rings. The van der Waals surface area contributed by atoms with E-state index >= 15 is 0 Å². The van der Waals surface area contributed by atoms with Gasteiger partial charge in [-0.15, -0.1) is 0 Å². The Labute approximate surface area is 145 Å². The van der Waals surface area contributed by atoms with E-state index in [2.05, 4.69) is 41.4 Å². The minimum atomic E-state index is 0.0987. The van der Waals surface area contributed by atoms with Crippen molar-refractivity contribution in [3.63, 3.8) is 0 Å². The molecule has 6 nitrogen and oxygen atoms in total. The van der Waals surface area contributed by atoms with Gasteiger partial charge in [0.1, 0.15) is 5.76 Å². The molecule has 136 valence electrons. The molecular weight excluding hydrogens is 304 g/mol. The van der Waals surface area contributed by atoms with Crippen LogP contribution in [0.4, 0.5) is 0 Å². The number of hydrogen-bond donors (Lipinski definition) is 2. The van der Waals surface area contributed by atoms with Gasteiger partial charge in [-0.05, 0) is 26.7 Å². The molecule has 0 aliphatic heterocycles. The average Bonchev–Trinajstić information content (AvgIpc) is 2.87. The van der Waals surface area contributed by atoms with Crippen LogP contribution in [0.1, 0.15) is 57.4 Å². The maximum absolute atomic E-state index is 6.00. The van der Waals surface area contributed by atoms with Gasteiger partial charge in [-0.2, -0.15) is 0 Å². The third-order valence-corrected chi connectivity index (χ3v) is 5.01. The van der Waals surface area contributed by atoms with Gasteiger partial charge in [-0.3, -0.25) is 4.99 Å². The Bertz CT molecular complexity index is 546. The Morgan fingerprint density at radius 1 is 1.42 bits per heavy atom. The summed E-state index contributed by atoms with van der Waals surface area (Å²) in [5.41, 5.74) is 1.03. The van der Waals surface area contributed by atoms with Crippen LogP contribution in [0.5, 0.6) is 0 Å². The number of aromatic nitrogens is 1. The van der Waals surface area contributed by atoms with Gasteiger partial charge in [0.15, 0.2) is 5.96 Å². The average molecular weight is 336 g/mol. The molecule has 1 heterocycles. The fourth-order valence-electron chi connectivity index (χ4n) is 2.92. The number of nitrogens with zero attached hydrogens (tertiary/aromatic N) is 2. The van der Waals surface area contributed by atoms with Crippen LogP contribution in [0.15, 0.2) is 9.41 Å². The van der Waals surface area contributed by atoms with E-state index in [1.165, 1.54) is 6.42 Å². The van der Waals surface area contributed by atoms with Crippen molar-refractivity contribution >= 4 is 5.96 Å². The van der Waals surface area contributed by atoms with E-state index in [-0.39, 0.29) is 5.41 Å². The molecule has 0 spiro atoms. The molecule has 0 aromatic carbocycles. The topological polar surface area (TPSA) is 71.7 Å². The molecule has 1 saturated carbocycles. The van der Waals surface area contributed by atoms with Crippen molar-refractivity contribution in [2.75, 3.05) is 13.7 Å². The van der Waals surface area contributed by atoms with Crippen LogP contribution in [0.25, 0.3) is 0 Å². The lowest BCUT2D eigenvalue weighted by molar-refractivity contribution is -0.113.